The van der Waals surface area contributed by atoms with Gasteiger partial charge in [-0.2, -0.15) is 0 Å². The van der Waals surface area contributed by atoms with E-state index in [1.54, 1.807) is 0 Å². The molecule has 1 rings (SSSR count). The van der Waals surface area contributed by atoms with Crippen LogP contribution in [0.5, 0.6) is 5.75 Å². The number of phenols is 1. The molecule has 1 aromatic rings. The minimum atomic E-state index is 0.0963. The van der Waals surface area contributed by atoms with Gasteiger partial charge in [0.15, 0.2) is 0 Å². The van der Waals surface area contributed by atoms with Crippen molar-refractivity contribution in [3.63, 3.8) is 0 Å². The van der Waals surface area contributed by atoms with E-state index in [9.17, 15) is 5.11 Å². The Hall–Kier alpha value is -0.980. The van der Waals surface area contributed by atoms with Crippen LogP contribution in [0.4, 0.5) is 0 Å². The van der Waals surface area contributed by atoms with Crippen LogP contribution in [0.15, 0.2) is 12.1 Å². The number of hydrogen-bond donors (Lipinski definition) is 1. The highest BCUT2D eigenvalue weighted by molar-refractivity contribution is 5.48. The molecule has 1 heteroatoms. The molecule has 0 spiro atoms. The summed E-state index contributed by atoms with van der Waals surface area (Å²) in [5, 5.41) is 11.2. The van der Waals surface area contributed by atoms with Gasteiger partial charge in [0.1, 0.15) is 5.75 Å². The Balaban J connectivity index is 2.47. The topological polar surface area (TPSA) is 20.2 Å². The normalized spacial score (nSPS) is 13.5. The highest BCUT2D eigenvalue weighted by atomic mass is 16.3. The van der Waals surface area contributed by atoms with Crippen LogP contribution in [0.1, 0.15) is 194 Å². The lowest BCUT2D eigenvalue weighted by molar-refractivity contribution is 0.283. The van der Waals surface area contributed by atoms with E-state index in [0.717, 1.165) is 12.0 Å². The molecule has 0 aliphatic carbocycles. The van der Waals surface area contributed by atoms with Crippen molar-refractivity contribution in [1.29, 1.82) is 0 Å². The molecule has 36 heavy (non-hydrogen) atoms. The van der Waals surface area contributed by atoms with Gasteiger partial charge in [-0.15, -0.1) is 0 Å². The lowest BCUT2D eigenvalue weighted by atomic mass is 9.71. The van der Waals surface area contributed by atoms with Crippen molar-refractivity contribution in [2.45, 2.75) is 182 Å². The Kier molecular flexibility index (Phi) is 15.4. The zero-order chi connectivity index (χ0) is 27.2. The quantitative estimate of drug-likeness (QED) is 0.187. The summed E-state index contributed by atoms with van der Waals surface area (Å²) in [6.07, 6.45) is 21.9. The van der Waals surface area contributed by atoms with E-state index in [1.165, 1.54) is 107 Å². The van der Waals surface area contributed by atoms with E-state index in [2.05, 4.69) is 74.4 Å². The van der Waals surface area contributed by atoms with Crippen LogP contribution in [0, 0.1) is 5.41 Å². The highest BCUT2D eigenvalue weighted by Crippen LogP contribution is 2.43. The molecule has 0 saturated carbocycles. The van der Waals surface area contributed by atoms with E-state index in [1.807, 2.05) is 0 Å². The molecule has 1 aromatic carbocycles. The van der Waals surface area contributed by atoms with Crippen molar-refractivity contribution < 1.29 is 5.11 Å². The monoisotopic (exact) mass is 500 g/mol. The van der Waals surface area contributed by atoms with Gasteiger partial charge in [-0.25, -0.2) is 0 Å². The van der Waals surface area contributed by atoms with Crippen molar-refractivity contribution in [2.75, 3.05) is 0 Å². The third-order valence-electron chi connectivity index (χ3n) is 8.07. The van der Waals surface area contributed by atoms with Gasteiger partial charge in [0.05, 0.1) is 0 Å². The second-order valence-corrected chi connectivity index (χ2v) is 14.1. The van der Waals surface area contributed by atoms with Gasteiger partial charge in [-0.05, 0) is 52.2 Å². The molecule has 0 amide bonds. The Morgan fingerprint density at radius 3 is 1.47 bits per heavy atom. The standard InChI is InChI=1S/C35H64O/c1-10-11-12-13-14-15-16-17-18-19-20-21-22-23-24-29(4)32-26-30(25-31(28(2)3)33(32)36)35(8,9)27-34(5,6)7/h25-26,28-29,36H,10-24,27H2,1-9H3. The van der Waals surface area contributed by atoms with Gasteiger partial charge in [-0.3, -0.25) is 0 Å². The van der Waals surface area contributed by atoms with Crippen LogP contribution in [-0.2, 0) is 5.41 Å². The first-order chi connectivity index (χ1) is 16.9. The van der Waals surface area contributed by atoms with Crippen molar-refractivity contribution in [3.8, 4) is 5.75 Å². The molecule has 210 valence electrons. The lowest BCUT2D eigenvalue weighted by Crippen LogP contribution is -2.25. The molecule has 0 aliphatic rings. The largest absolute Gasteiger partial charge is 0.507 e. The van der Waals surface area contributed by atoms with E-state index in [4.69, 9.17) is 0 Å². The third-order valence-corrected chi connectivity index (χ3v) is 8.07. The van der Waals surface area contributed by atoms with Crippen LogP contribution in [0.2, 0.25) is 0 Å². The summed E-state index contributed by atoms with van der Waals surface area (Å²) in [6.45, 7) is 20.8. The molecule has 0 aromatic heterocycles. The van der Waals surface area contributed by atoms with Gasteiger partial charge in [0.2, 0.25) is 0 Å². The van der Waals surface area contributed by atoms with Crippen LogP contribution < -0.4 is 0 Å². The maximum Gasteiger partial charge on any atom is 0.122 e. The lowest BCUT2D eigenvalue weighted by Gasteiger charge is -2.34. The molecule has 0 fully saturated rings. The molecule has 0 bridgehead atoms. The summed E-state index contributed by atoms with van der Waals surface area (Å²) >= 11 is 0. The smallest absolute Gasteiger partial charge is 0.122 e. The Morgan fingerprint density at radius 1 is 0.639 bits per heavy atom. The van der Waals surface area contributed by atoms with E-state index in [0.29, 0.717) is 17.6 Å². The van der Waals surface area contributed by atoms with Gasteiger partial charge in [0.25, 0.3) is 0 Å². The predicted octanol–water partition coefficient (Wildman–Crippen LogP) is 12.2. The molecule has 1 atom stereocenters. The molecular weight excluding hydrogens is 436 g/mol. The zero-order valence-electron chi connectivity index (χ0n) is 26.1. The highest BCUT2D eigenvalue weighted by Gasteiger charge is 2.29. The van der Waals surface area contributed by atoms with Gasteiger partial charge in [-0.1, -0.05) is 164 Å². The number of phenolic OH excluding ortho intramolecular Hbond substituents is 1. The molecule has 0 heterocycles. The van der Waals surface area contributed by atoms with E-state index < -0.39 is 0 Å². The first-order valence-corrected chi connectivity index (χ1v) is 15.8. The summed E-state index contributed by atoms with van der Waals surface area (Å²) in [6, 6.07) is 4.62. The first kappa shape index (κ1) is 33.0. The fourth-order valence-electron chi connectivity index (χ4n) is 6.12. The van der Waals surface area contributed by atoms with Crippen molar-refractivity contribution in [3.05, 3.63) is 28.8 Å². The molecule has 1 N–H and O–H groups in total. The number of unbranched alkanes of at least 4 members (excludes halogenated alkanes) is 13. The van der Waals surface area contributed by atoms with Crippen molar-refractivity contribution in [1.82, 2.24) is 0 Å². The second-order valence-electron chi connectivity index (χ2n) is 14.1. The Morgan fingerprint density at radius 2 is 1.06 bits per heavy atom. The minimum absolute atomic E-state index is 0.0963. The van der Waals surface area contributed by atoms with Crippen LogP contribution in [-0.4, -0.2) is 5.11 Å². The molecule has 1 unspecified atom stereocenters. The van der Waals surface area contributed by atoms with Crippen molar-refractivity contribution in [2.24, 2.45) is 5.41 Å². The predicted molar refractivity (Wildman–Crippen MR) is 163 cm³/mol. The zero-order valence-corrected chi connectivity index (χ0v) is 26.1. The average Bonchev–Trinajstić information content (AvgIpc) is 2.77. The molecule has 0 radical (unpaired) electrons. The molecule has 0 saturated heterocycles. The summed E-state index contributed by atoms with van der Waals surface area (Å²) in [7, 11) is 0. The van der Waals surface area contributed by atoms with Gasteiger partial charge in [0, 0.05) is 0 Å². The number of benzene rings is 1. The summed E-state index contributed by atoms with van der Waals surface area (Å²) < 4.78 is 0. The maximum atomic E-state index is 11.2. The fourth-order valence-corrected chi connectivity index (χ4v) is 6.12. The van der Waals surface area contributed by atoms with Gasteiger partial charge >= 0.3 is 0 Å². The fraction of sp³-hybridized carbons (Fsp3) is 0.829. The average molecular weight is 501 g/mol. The first-order valence-electron chi connectivity index (χ1n) is 15.8. The van der Waals surface area contributed by atoms with Crippen molar-refractivity contribution >= 4 is 0 Å². The second kappa shape index (κ2) is 16.8. The van der Waals surface area contributed by atoms with Crippen LogP contribution in [0.3, 0.4) is 0 Å². The van der Waals surface area contributed by atoms with E-state index >= 15 is 0 Å². The molecule has 0 aliphatic heterocycles. The number of aromatic hydroxyl groups is 1. The van der Waals surface area contributed by atoms with Gasteiger partial charge < -0.3 is 5.11 Å². The summed E-state index contributed by atoms with van der Waals surface area (Å²) in [5.41, 5.74) is 4.06. The minimum Gasteiger partial charge on any atom is -0.507 e. The summed E-state index contributed by atoms with van der Waals surface area (Å²) in [5.74, 6) is 1.30. The van der Waals surface area contributed by atoms with Crippen LogP contribution >= 0.6 is 0 Å². The summed E-state index contributed by atoms with van der Waals surface area (Å²) in [4.78, 5) is 0. The van der Waals surface area contributed by atoms with E-state index in [-0.39, 0.29) is 10.8 Å². The maximum absolute atomic E-state index is 11.2. The van der Waals surface area contributed by atoms with Crippen LogP contribution in [0.25, 0.3) is 0 Å². The SMILES string of the molecule is CCCCCCCCCCCCCCCCC(C)c1cc(C(C)(C)CC(C)(C)C)cc(C(C)C)c1O. The Labute approximate surface area is 227 Å². The molecular formula is C35H64O. The number of hydrogen-bond acceptors (Lipinski definition) is 1. The molecule has 1 nitrogen and oxygen atoms in total. The number of rotatable bonds is 19. The Bertz CT molecular complexity index is 706. The third kappa shape index (κ3) is 13.0.